The zero-order chi connectivity index (χ0) is 28.0. The lowest BCUT2D eigenvalue weighted by molar-refractivity contribution is -0.154. The van der Waals surface area contributed by atoms with Crippen molar-refractivity contribution in [2.45, 2.75) is 148 Å². The Balaban J connectivity index is 1.75. The van der Waals surface area contributed by atoms with Gasteiger partial charge in [0, 0.05) is 17.4 Å². The van der Waals surface area contributed by atoms with Gasteiger partial charge in [-0.1, -0.05) is 85.0 Å². The fourth-order valence-corrected chi connectivity index (χ4v) is 5.57. The number of unbranched alkanes of at least 4 members (excludes halogenated alkanes) is 7. The Hall–Kier alpha value is -1.67. The first-order valence-corrected chi connectivity index (χ1v) is 15.2. The summed E-state index contributed by atoms with van der Waals surface area (Å²) >= 11 is 0. The van der Waals surface area contributed by atoms with Gasteiger partial charge in [-0.15, -0.1) is 0 Å². The molecule has 0 saturated heterocycles. The largest absolute Gasteiger partial charge is 0.460 e. The van der Waals surface area contributed by atoms with Crippen molar-refractivity contribution >= 4 is 17.8 Å². The van der Waals surface area contributed by atoms with Gasteiger partial charge in [-0.05, 0) is 38.5 Å². The molecule has 0 heterocycles. The Bertz CT molecular complexity index is 736. The standard InChI is InChI=1S/C30H54N2O6/c1-4-5-6-7-8-9-10-13-18-30(19-14-20-30)28(37)32-23-15-11-12-16-24(23)38-25(34)17-21-31-27(36)26(35)29(2,3)22-33/h23-24,26,33,35H,4-22H2,1-3H3,(H,31,36)(H,32,37). The molecule has 8 nitrogen and oxygen atoms in total. The number of aliphatic hydroxyl groups excluding tert-OH is 2. The zero-order valence-electron chi connectivity index (χ0n) is 24.2. The number of aliphatic hydroxyl groups is 2. The Kier molecular flexibility index (Phi) is 14.1. The van der Waals surface area contributed by atoms with Crippen LogP contribution in [-0.2, 0) is 19.1 Å². The highest BCUT2D eigenvalue weighted by molar-refractivity contribution is 5.84. The number of carbonyl (C=O) groups is 3. The molecule has 0 aromatic rings. The molecular weight excluding hydrogens is 484 g/mol. The predicted octanol–water partition coefficient (Wildman–Crippen LogP) is 4.54. The Labute approximate surface area is 230 Å². The summed E-state index contributed by atoms with van der Waals surface area (Å²) in [6.45, 7) is 5.12. The number of carbonyl (C=O) groups excluding carboxylic acids is 3. The number of hydrogen-bond acceptors (Lipinski definition) is 6. The van der Waals surface area contributed by atoms with Crippen LogP contribution in [0.1, 0.15) is 130 Å². The van der Waals surface area contributed by atoms with E-state index in [0.29, 0.717) is 0 Å². The Morgan fingerprint density at radius 3 is 2.21 bits per heavy atom. The fraction of sp³-hybridized carbons (Fsp3) is 0.900. The van der Waals surface area contributed by atoms with Crippen LogP contribution in [0, 0.1) is 10.8 Å². The van der Waals surface area contributed by atoms with Gasteiger partial charge in [0.05, 0.1) is 19.1 Å². The predicted molar refractivity (Wildman–Crippen MR) is 148 cm³/mol. The van der Waals surface area contributed by atoms with E-state index in [0.717, 1.165) is 57.8 Å². The summed E-state index contributed by atoms with van der Waals surface area (Å²) < 4.78 is 5.75. The van der Waals surface area contributed by atoms with Crippen molar-refractivity contribution in [2.24, 2.45) is 10.8 Å². The van der Waals surface area contributed by atoms with E-state index in [1.165, 1.54) is 44.9 Å². The lowest BCUT2D eigenvalue weighted by Gasteiger charge is -2.42. The van der Waals surface area contributed by atoms with Gasteiger partial charge in [0.25, 0.3) is 0 Å². The highest BCUT2D eigenvalue weighted by Crippen LogP contribution is 2.46. The molecule has 8 heteroatoms. The second-order valence-corrected chi connectivity index (χ2v) is 12.3. The van der Waals surface area contributed by atoms with Crippen LogP contribution in [0.5, 0.6) is 0 Å². The van der Waals surface area contributed by atoms with Crippen molar-refractivity contribution in [1.29, 1.82) is 0 Å². The van der Waals surface area contributed by atoms with Gasteiger partial charge in [-0.2, -0.15) is 0 Å². The van der Waals surface area contributed by atoms with E-state index in [1.807, 2.05) is 0 Å². The average molecular weight is 539 g/mol. The van der Waals surface area contributed by atoms with Crippen LogP contribution in [0.25, 0.3) is 0 Å². The molecule has 3 unspecified atom stereocenters. The van der Waals surface area contributed by atoms with E-state index >= 15 is 0 Å². The van der Waals surface area contributed by atoms with Gasteiger partial charge in [-0.3, -0.25) is 14.4 Å². The minimum Gasteiger partial charge on any atom is -0.460 e. The smallest absolute Gasteiger partial charge is 0.307 e. The topological polar surface area (TPSA) is 125 Å². The van der Waals surface area contributed by atoms with Gasteiger partial charge in [0.1, 0.15) is 12.2 Å². The second-order valence-electron chi connectivity index (χ2n) is 12.3. The Morgan fingerprint density at radius 2 is 1.61 bits per heavy atom. The van der Waals surface area contributed by atoms with E-state index in [9.17, 15) is 24.6 Å². The summed E-state index contributed by atoms with van der Waals surface area (Å²) in [6, 6.07) is -0.169. The molecule has 38 heavy (non-hydrogen) atoms. The van der Waals surface area contributed by atoms with Crippen molar-refractivity contribution in [3.63, 3.8) is 0 Å². The maximum Gasteiger partial charge on any atom is 0.307 e. The van der Waals surface area contributed by atoms with Crippen LogP contribution < -0.4 is 10.6 Å². The highest BCUT2D eigenvalue weighted by Gasteiger charge is 2.45. The van der Waals surface area contributed by atoms with Crippen LogP contribution in [0.3, 0.4) is 0 Å². The van der Waals surface area contributed by atoms with Crippen LogP contribution in [0.4, 0.5) is 0 Å². The first-order chi connectivity index (χ1) is 18.1. The molecule has 0 spiro atoms. The van der Waals surface area contributed by atoms with Gasteiger partial charge < -0.3 is 25.6 Å². The minimum atomic E-state index is -1.37. The molecule has 2 aliphatic rings. The van der Waals surface area contributed by atoms with Crippen molar-refractivity contribution in [2.75, 3.05) is 13.2 Å². The molecule has 3 atom stereocenters. The average Bonchev–Trinajstić information content (AvgIpc) is 2.87. The first kappa shape index (κ1) is 32.5. The molecule has 2 saturated carbocycles. The molecular formula is C30H54N2O6. The number of hydrogen-bond donors (Lipinski definition) is 4. The second kappa shape index (κ2) is 16.4. The quantitative estimate of drug-likeness (QED) is 0.150. The molecule has 2 aliphatic carbocycles. The van der Waals surface area contributed by atoms with Crippen LogP contribution >= 0.6 is 0 Å². The number of esters is 1. The van der Waals surface area contributed by atoms with Crippen LogP contribution in [0.2, 0.25) is 0 Å². The fourth-order valence-electron chi connectivity index (χ4n) is 5.57. The van der Waals surface area contributed by atoms with Crippen LogP contribution in [-0.4, -0.2) is 59.4 Å². The van der Waals surface area contributed by atoms with Gasteiger partial charge in [-0.25, -0.2) is 0 Å². The van der Waals surface area contributed by atoms with Gasteiger partial charge >= 0.3 is 5.97 Å². The van der Waals surface area contributed by atoms with Gasteiger partial charge in [0.2, 0.25) is 11.8 Å². The maximum atomic E-state index is 13.4. The molecule has 2 rings (SSSR count). The molecule has 220 valence electrons. The molecule has 0 aromatic carbocycles. The normalized spacial score (nSPS) is 21.7. The number of ether oxygens (including phenoxy) is 1. The molecule has 0 aromatic heterocycles. The zero-order valence-corrected chi connectivity index (χ0v) is 24.2. The first-order valence-electron chi connectivity index (χ1n) is 15.2. The highest BCUT2D eigenvalue weighted by atomic mass is 16.5. The van der Waals surface area contributed by atoms with E-state index in [1.54, 1.807) is 13.8 Å². The number of rotatable bonds is 18. The lowest BCUT2D eigenvalue weighted by Crippen LogP contribution is -2.54. The maximum absolute atomic E-state index is 13.4. The van der Waals surface area contributed by atoms with E-state index in [2.05, 4.69) is 17.6 Å². The van der Waals surface area contributed by atoms with E-state index in [4.69, 9.17) is 4.74 Å². The summed E-state index contributed by atoms with van der Waals surface area (Å²) in [6.07, 6.45) is 15.8. The summed E-state index contributed by atoms with van der Waals surface area (Å²) in [4.78, 5) is 38.0. The number of nitrogens with one attached hydrogen (secondary N) is 2. The summed E-state index contributed by atoms with van der Waals surface area (Å²) in [5.74, 6) is -0.918. The third kappa shape index (κ3) is 10.1. The molecule has 0 aliphatic heterocycles. The summed E-state index contributed by atoms with van der Waals surface area (Å²) in [7, 11) is 0. The van der Waals surface area contributed by atoms with Crippen LogP contribution in [0.15, 0.2) is 0 Å². The van der Waals surface area contributed by atoms with E-state index < -0.39 is 23.4 Å². The minimum absolute atomic E-state index is 0.0163. The monoisotopic (exact) mass is 538 g/mol. The third-order valence-corrected chi connectivity index (χ3v) is 8.63. The SMILES string of the molecule is CCCCCCCCCCC1(C(=O)NC2CCCCC2OC(=O)CCNC(=O)C(O)C(C)(C)CO)CCC1. The van der Waals surface area contributed by atoms with Crippen molar-refractivity contribution in [3.8, 4) is 0 Å². The summed E-state index contributed by atoms with van der Waals surface area (Å²) in [5, 5.41) is 25.2. The summed E-state index contributed by atoms with van der Waals surface area (Å²) in [5.41, 5.74) is -1.22. The van der Waals surface area contributed by atoms with Crippen molar-refractivity contribution in [3.05, 3.63) is 0 Å². The molecule has 4 N–H and O–H groups in total. The lowest BCUT2D eigenvalue weighted by atomic mass is 9.65. The third-order valence-electron chi connectivity index (χ3n) is 8.63. The van der Waals surface area contributed by atoms with Crippen molar-refractivity contribution in [1.82, 2.24) is 10.6 Å². The Morgan fingerprint density at radius 1 is 0.974 bits per heavy atom. The van der Waals surface area contributed by atoms with E-state index in [-0.39, 0.29) is 43.0 Å². The van der Waals surface area contributed by atoms with Gasteiger partial charge in [0.15, 0.2) is 0 Å². The molecule has 2 amide bonds. The van der Waals surface area contributed by atoms with Crippen molar-refractivity contribution < 1.29 is 29.3 Å². The molecule has 2 fully saturated rings. The molecule has 0 bridgehead atoms. The molecule has 0 radical (unpaired) electrons. The number of amides is 2.